The first-order chi connectivity index (χ1) is 13.6. The summed E-state index contributed by atoms with van der Waals surface area (Å²) in [5.74, 6) is 0.220. The van der Waals surface area contributed by atoms with Gasteiger partial charge in [-0.25, -0.2) is 9.98 Å². The van der Waals surface area contributed by atoms with Crippen LogP contribution in [0.15, 0.2) is 65.5 Å². The van der Waals surface area contributed by atoms with Gasteiger partial charge >= 0.3 is 0 Å². The average Bonchev–Trinajstić information content (AvgIpc) is 3.21. The Morgan fingerprint density at radius 1 is 1.18 bits per heavy atom. The SMILES string of the molecule is CN1C(=O)/C(=C/c2ccc3ncn(C)c3c2)N=C1N[C@@H](CO)c1ccccc1. The number of amides is 1. The van der Waals surface area contributed by atoms with E-state index in [-0.39, 0.29) is 18.6 Å². The van der Waals surface area contributed by atoms with Crippen LogP contribution in [0.1, 0.15) is 17.2 Å². The molecule has 2 N–H and O–H groups in total. The van der Waals surface area contributed by atoms with Crippen molar-refractivity contribution in [2.24, 2.45) is 12.0 Å². The maximum absolute atomic E-state index is 12.6. The molecule has 0 saturated carbocycles. The van der Waals surface area contributed by atoms with E-state index in [4.69, 9.17) is 0 Å². The lowest BCUT2D eigenvalue weighted by Gasteiger charge is -2.20. The highest BCUT2D eigenvalue weighted by Gasteiger charge is 2.28. The van der Waals surface area contributed by atoms with Crippen LogP contribution in [0.5, 0.6) is 0 Å². The number of guanidine groups is 1. The van der Waals surface area contributed by atoms with E-state index in [1.807, 2.05) is 60.1 Å². The van der Waals surface area contributed by atoms with Gasteiger partial charge in [-0.15, -0.1) is 0 Å². The molecule has 7 nitrogen and oxygen atoms in total. The molecule has 0 fully saturated rings. The Morgan fingerprint density at radius 2 is 1.96 bits per heavy atom. The monoisotopic (exact) mass is 375 g/mol. The molecule has 0 spiro atoms. The summed E-state index contributed by atoms with van der Waals surface area (Å²) in [6.07, 6.45) is 3.52. The van der Waals surface area contributed by atoms with E-state index in [9.17, 15) is 9.90 Å². The van der Waals surface area contributed by atoms with Gasteiger partial charge in [0, 0.05) is 14.1 Å². The molecular formula is C21H21N5O2. The van der Waals surface area contributed by atoms with Crippen molar-refractivity contribution in [2.75, 3.05) is 13.7 Å². The second-order valence-electron chi connectivity index (χ2n) is 6.72. The number of benzene rings is 2. The fourth-order valence-corrected chi connectivity index (χ4v) is 3.19. The standard InChI is InChI=1S/C21H21N5O2/c1-25-13-22-16-9-8-14(11-19(16)25)10-17-20(28)26(2)21(23-17)24-18(12-27)15-6-4-3-5-7-15/h3-11,13,18,27H,12H2,1-2H3,(H,23,24)/b17-10-/t18-/m0/s1. The smallest absolute Gasteiger partial charge is 0.279 e. The molecule has 0 aliphatic carbocycles. The minimum absolute atomic E-state index is 0.110. The van der Waals surface area contributed by atoms with E-state index < -0.39 is 0 Å². The Hall–Kier alpha value is -3.45. The molecular weight excluding hydrogens is 354 g/mol. The number of aryl methyl sites for hydroxylation is 1. The van der Waals surface area contributed by atoms with Gasteiger partial charge in [0.25, 0.3) is 5.91 Å². The lowest BCUT2D eigenvalue weighted by molar-refractivity contribution is -0.121. The number of nitrogens with one attached hydrogen (secondary N) is 1. The van der Waals surface area contributed by atoms with Crippen molar-refractivity contribution in [1.29, 1.82) is 0 Å². The highest BCUT2D eigenvalue weighted by molar-refractivity contribution is 6.13. The molecule has 4 rings (SSSR count). The van der Waals surface area contributed by atoms with Gasteiger partial charge in [-0.05, 0) is 29.3 Å². The predicted octanol–water partition coefficient (Wildman–Crippen LogP) is 2.07. The molecule has 142 valence electrons. The fourth-order valence-electron chi connectivity index (χ4n) is 3.19. The van der Waals surface area contributed by atoms with Crippen LogP contribution in [0.2, 0.25) is 0 Å². The van der Waals surface area contributed by atoms with Crippen molar-refractivity contribution >= 4 is 29.0 Å². The Labute approximate surface area is 162 Å². The molecule has 1 amide bonds. The number of likely N-dealkylation sites (N-methyl/N-ethyl adjacent to an activating group) is 1. The van der Waals surface area contributed by atoms with E-state index in [2.05, 4.69) is 15.3 Å². The fraction of sp³-hybridized carbons (Fsp3) is 0.190. The quantitative estimate of drug-likeness (QED) is 0.684. The molecule has 7 heteroatoms. The number of aromatic nitrogens is 2. The number of carbonyl (C=O) groups is 1. The van der Waals surface area contributed by atoms with Crippen LogP contribution in [-0.2, 0) is 11.8 Å². The maximum Gasteiger partial charge on any atom is 0.279 e. The van der Waals surface area contributed by atoms with Gasteiger partial charge in [-0.1, -0.05) is 36.4 Å². The molecule has 1 aromatic heterocycles. The molecule has 0 radical (unpaired) electrons. The van der Waals surface area contributed by atoms with E-state index in [1.165, 1.54) is 4.90 Å². The van der Waals surface area contributed by atoms with Crippen molar-refractivity contribution in [2.45, 2.75) is 6.04 Å². The van der Waals surface area contributed by atoms with Gasteiger partial charge in [0.05, 0.1) is 30.0 Å². The zero-order chi connectivity index (χ0) is 19.7. The lowest BCUT2D eigenvalue weighted by atomic mass is 10.1. The summed E-state index contributed by atoms with van der Waals surface area (Å²) >= 11 is 0. The summed E-state index contributed by atoms with van der Waals surface area (Å²) in [7, 11) is 3.60. The third kappa shape index (κ3) is 3.27. The summed E-state index contributed by atoms with van der Waals surface area (Å²) in [5, 5.41) is 12.9. The Kier molecular flexibility index (Phi) is 4.67. The first kappa shape index (κ1) is 17.9. The molecule has 2 aromatic carbocycles. The molecule has 0 unspecified atom stereocenters. The minimum atomic E-state index is -0.347. The van der Waals surface area contributed by atoms with Gasteiger partial charge in [0.1, 0.15) is 5.70 Å². The van der Waals surface area contributed by atoms with Gasteiger partial charge in [0.2, 0.25) is 5.96 Å². The normalized spacial score (nSPS) is 16.7. The molecule has 0 bridgehead atoms. The van der Waals surface area contributed by atoms with E-state index in [0.29, 0.717) is 11.7 Å². The molecule has 1 atom stereocenters. The van der Waals surface area contributed by atoms with Crippen LogP contribution >= 0.6 is 0 Å². The Balaban J connectivity index is 1.62. The highest BCUT2D eigenvalue weighted by atomic mass is 16.3. The van der Waals surface area contributed by atoms with Gasteiger partial charge in [-0.3, -0.25) is 9.69 Å². The second kappa shape index (κ2) is 7.28. The number of rotatable bonds is 4. The van der Waals surface area contributed by atoms with Crippen LogP contribution in [0, 0.1) is 0 Å². The summed E-state index contributed by atoms with van der Waals surface area (Å²) in [4.78, 5) is 22.9. The first-order valence-electron chi connectivity index (χ1n) is 8.98. The molecule has 1 aliphatic heterocycles. The van der Waals surface area contributed by atoms with Crippen molar-refractivity contribution in [3.8, 4) is 0 Å². The summed E-state index contributed by atoms with van der Waals surface area (Å²) in [5.41, 5.74) is 4.03. The largest absolute Gasteiger partial charge is 0.394 e. The number of nitrogens with zero attached hydrogens (tertiary/aromatic N) is 4. The van der Waals surface area contributed by atoms with Gasteiger partial charge in [-0.2, -0.15) is 0 Å². The third-order valence-corrected chi connectivity index (χ3v) is 4.81. The van der Waals surface area contributed by atoms with Crippen LogP contribution < -0.4 is 5.32 Å². The van der Waals surface area contributed by atoms with Crippen molar-refractivity contribution in [1.82, 2.24) is 19.8 Å². The summed E-state index contributed by atoms with van der Waals surface area (Å²) in [6.45, 7) is -0.110. The van der Waals surface area contributed by atoms with E-state index in [0.717, 1.165) is 22.2 Å². The third-order valence-electron chi connectivity index (χ3n) is 4.81. The van der Waals surface area contributed by atoms with Gasteiger partial charge in [0.15, 0.2) is 0 Å². The number of hydrogen-bond donors (Lipinski definition) is 2. The van der Waals surface area contributed by atoms with Crippen LogP contribution in [-0.4, -0.2) is 45.1 Å². The molecule has 3 aromatic rings. The first-order valence-corrected chi connectivity index (χ1v) is 8.98. The number of hydrogen-bond acceptors (Lipinski definition) is 5. The Morgan fingerprint density at radius 3 is 2.71 bits per heavy atom. The topological polar surface area (TPSA) is 82.8 Å². The Bertz CT molecular complexity index is 1080. The lowest BCUT2D eigenvalue weighted by Crippen LogP contribution is -2.41. The van der Waals surface area contributed by atoms with Gasteiger partial charge < -0.3 is 15.0 Å². The van der Waals surface area contributed by atoms with Crippen LogP contribution in [0.4, 0.5) is 0 Å². The van der Waals surface area contributed by atoms with Crippen molar-refractivity contribution < 1.29 is 9.90 Å². The molecule has 0 saturated heterocycles. The molecule has 1 aliphatic rings. The van der Waals surface area contributed by atoms with Crippen molar-refractivity contribution in [3.63, 3.8) is 0 Å². The number of aliphatic hydroxyl groups is 1. The van der Waals surface area contributed by atoms with Crippen LogP contribution in [0.25, 0.3) is 17.1 Å². The summed E-state index contributed by atoms with van der Waals surface area (Å²) < 4.78 is 1.93. The predicted molar refractivity (Wildman–Crippen MR) is 108 cm³/mol. The second-order valence-corrected chi connectivity index (χ2v) is 6.72. The van der Waals surface area contributed by atoms with E-state index in [1.54, 1.807) is 19.5 Å². The van der Waals surface area contributed by atoms with Crippen molar-refractivity contribution in [3.05, 3.63) is 71.7 Å². The molecule has 2 heterocycles. The maximum atomic E-state index is 12.6. The average molecular weight is 375 g/mol. The zero-order valence-electron chi connectivity index (χ0n) is 15.7. The highest BCUT2D eigenvalue weighted by Crippen LogP contribution is 2.21. The number of aliphatic imine (C=N–C) groups is 1. The van der Waals surface area contributed by atoms with Crippen LogP contribution in [0.3, 0.4) is 0 Å². The van der Waals surface area contributed by atoms with E-state index >= 15 is 0 Å². The zero-order valence-corrected chi connectivity index (χ0v) is 15.7. The minimum Gasteiger partial charge on any atom is -0.394 e. The number of aliphatic hydroxyl groups excluding tert-OH is 1. The number of imidazole rings is 1. The number of carbonyl (C=O) groups excluding carboxylic acids is 1. The number of fused-ring (bicyclic) bond motifs is 1. The summed E-state index contributed by atoms with van der Waals surface area (Å²) in [6, 6.07) is 15.0. The molecule has 28 heavy (non-hydrogen) atoms.